The summed E-state index contributed by atoms with van der Waals surface area (Å²) in [6, 6.07) is 9.60. The van der Waals surface area contributed by atoms with E-state index < -0.39 is 0 Å². The highest BCUT2D eigenvalue weighted by atomic mass is 16.1. The van der Waals surface area contributed by atoms with E-state index in [1.54, 1.807) is 0 Å². The van der Waals surface area contributed by atoms with Crippen LogP contribution in [0.4, 0.5) is 0 Å². The van der Waals surface area contributed by atoms with E-state index in [0.29, 0.717) is 23.7 Å². The van der Waals surface area contributed by atoms with Crippen molar-refractivity contribution in [2.45, 2.75) is 19.3 Å². The van der Waals surface area contributed by atoms with Gasteiger partial charge in [0.1, 0.15) is 5.78 Å². The molecule has 14 heavy (non-hydrogen) atoms. The highest BCUT2D eigenvalue weighted by Crippen LogP contribution is 2.38. The first-order valence-electron chi connectivity index (χ1n) is 4.75. The first-order valence-corrected chi connectivity index (χ1v) is 4.75. The van der Waals surface area contributed by atoms with Gasteiger partial charge in [-0.2, -0.15) is 5.26 Å². The van der Waals surface area contributed by atoms with Gasteiger partial charge in [0, 0.05) is 18.3 Å². The highest BCUT2D eigenvalue weighted by Gasteiger charge is 2.36. The minimum atomic E-state index is 0.155. The lowest BCUT2D eigenvalue weighted by atomic mass is 9.70. The molecule has 0 radical (unpaired) electrons. The third kappa shape index (κ3) is 1.31. The number of nitriles is 1. The summed E-state index contributed by atoms with van der Waals surface area (Å²) in [5.41, 5.74) is 1.85. The second kappa shape index (κ2) is 3.26. The van der Waals surface area contributed by atoms with Gasteiger partial charge >= 0.3 is 0 Å². The molecule has 2 atom stereocenters. The Bertz CT molecular complexity index is 399. The number of nitrogens with zero attached hydrogens (tertiary/aromatic N) is 1. The molecule has 2 unspecified atom stereocenters. The molecule has 70 valence electrons. The lowest BCUT2D eigenvalue weighted by Gasteiger charge is -2.32. The zero-order valence-corrected chi connectivity index (χ0v) is 8.03. The fourth-order valence-electron chi connectivity index (χ4n) is 1.85. The Morgan fingerprint density at radius 3 is 2.43 bits per heavy atom. The Balaban J connectivity index is 2.19. The number of hydrogen-bond acceptors (Lipinski definition) is 2. The molecule has 1 fully saturated rings. The molecule has 1 aromatic carbocycles. The predicted octanol–water partition coefficient (Wildman–Crippen LogP) is 2.25. The molecule has 0 spiro atoms. The molecule has 2 nitrogen and oxygen atoms in total. The van der Waals surface area contributed by atoms with Crippen LogP contribution in [0.15, 0.2) is 24.3 Å². The van der Waals surface area contributed by atoms with Crippen LogP contribution in [0.2, 0.25) is 0 Å². The lowest BCUT2D eigenvalue weighted by Crippen LogP contribution is -2.32. The second-order valence-corrected chi connectivity index (χ2v) is 3.80. The molecular weight excluding hydrogens is 174 g/mol. The molecule has 0 aromatic heterocycles. The monoisotopic (exact) mass is 185 g/mol. The van der Waals surface area contributed by atoms with Gasteiger partial charge in [-0.05, 0) is 17.7 Å². The van der Waals surface area contributed by atoms with Crippen molar-refractivity contribution in [3.05, 3.63) is 35.4 Å². The largest absolute Gasteiger partial charge is 0.299 e. The molecule has 0 amide bonds. The van der Waals surface area contributed by atoms with Crippen molar-refractivity contribution >= 4 is 5.78 Å². The van der Waals surface area contributed by atoms with Crippen LogP contribution in [0.3, 0.4) is 0 Å². The summed E-state index contributed by atoms with van der Waals surface area (Å²) in [5, 5.41) is 8.63. The molecule has 1 saturated carbocycles. The summed E-state index contributed by atoms with van der Waals surface area (Å²) < 4.78 is 0. The van der Waals surface area contributed by atoms with E-state index in [9.17, 15) is 4.79 Å². The van der Waals surface area contributed by atoms with Crippen LogP contribution in [0.5, 0.6) is 0 Å². The van der Waals surface area contributed by atoms with Crippen LogP contribution in [-0.4, -0.2) is 5.78 Å². The molecule has 0 bridgehead atoms. The number of hydrogen-bond donors (Lipinski definition) is 0. The van der Waals surface area contributed by atoms with E-state index in [-0.39, 0.29) is 5.92 Å². The Morgan fingerprint density at radius 2 is 2.00 bits per heavy atom. The van der Waals surface area contributed by atoms with Gasteiger partial charge in [-0.25, -0.2) is 0 Å². The summed E-state index contributed by atoms with van der Waals surface area (Å²) in [6.45, 7) is 1.97. The molecule has 1 aliphatic rings. The maximum absolute atomic E-state index is 11.1. The quantitative estimate of drug-likeness (QED) is 0.673. The minimum absolute atomic E-state index is 0.155. The molecule has 0 saturated heterocycles. The molecule has 0 aliphatic heterocycles. The molecule has 2 heteroatoms. The molecule has 1 aromatic rings. The standard InChI is InChI=1S/C12H11NO/c1-8-11(6-12(8)14)10-4-2-9(7-13)3-5-10/h2-5,8,11H,6H2,1H3. The maximum Gasteiger partial charge on any atom is 0.136 e. The summed E-state index contributed by atoms with van der Waals surface area (Å²) in [6.07, 6.45) is 0.660. The van der Waals surface area contributed by atoms with Gasteiger partial charge < -0.3 is 0 Å². The maximum atomic E-state index is 11.1. The number of Topliss-reactive ketones (excluding diaryl/α,β-unsaturated/α-hetero) is 1. The first-order chi connectivity index (χ1) is 6.72. The number of benzene rings is 1. The third-order valence-corrected chi connectivity index (χ3v) is 3.00. The van der Waals surface area contributed by atoms with E-state index in [1.165, 1.54) is 5.56 Å². The average molecular weight is 185 g/mol. The van der Waals surface area contributed by atoms with Crippen molar-refractivity contribution in [1.29, 1.82) is 5.26 Å². The fraction of sp³-hybridized carbons (Fsp3) is 0.333. The Labute approximate surface area is 83.2 Å². The van der Waals surface area contributed by atoms with Crippen molar-refractivity contribution < 1.29 is 4.79 Å². The summed E-state index contributed by atoms with van der Waals surface area (Å²) in [4.78, 5) is 11.1. The average Bonchev–Trinajstić information content (AvgIpc) is 2.25. The smallest absolute Gasteiger partial charge is 0.136 e. The van der Waals surface area contributed by atoms with Crippen molar-refractivity contribution in [3.63, 3.8) is 0 Å². The van der Waals surface area contributed by atoms with E-state index >= 15 is 0 Å². The van der Waals surface area contributed by atoms with Gasteiger partial charge in [0.05, 0.1) is 11.6 Å². The van der Waals surface area contributed by atoms with E-state index in [0.717, 1.165) is 0 Å². The van der Waals surface area contributed by atoms with Gasteiger partial charge in [-0.1, -0.05) is 19.1 Å². The molecule has 1 aliphatic carbocycles. The molecular formula is C12H11NO. The highest BCUT2D eigenvalue weighted by molar-refractivity contribution is 5.88. The van der Waals surface area contributed by atoms with Crippen molar-refractivity contribution in [2.24, 2.45) is 5.92 Å². The minimum Gasteiger partial charge on any atom is -0.299 e. The Kier molecular flexibility index (Phi) is 2.09. The van der Waals surface area contributed by atoms with Crippen LogP contribution < -0.4 is 0 Å². The van der Waals surface area contributed by atoms with Gasteiger partial charge in [0.2, 0.25) is 0 Å². The summed E-state index contributed by atoms with van der Waals surface area (Å²) in [5.74, 6) is 0.873. The van der Waals surface area contributed by atoms with Crippen molar-refractivity contribution in [1.82, 2.24) is 0 Å². The van der Waals surface area contributed by atoms with Crippen LogP contribution in [0.1, 0.15) is 30.4 Å². The van der Waals surface area contributed by atoms with Crippen LogP contribution in [0, 0.1) is 17.2 Å². The normalized spacial score (nSPS) is 25.3. The van der Waals surface area contributed by atoms with Crippen LogP contribution >= 0.6 is 0 Å². The predicted molar refractivity (Wildman–Crippen MR) is 52.7 cm³/mol. The van der Waals surface area contributed by atoms with E-state index in [4.69, 9.17) is 5.26 Å². The summed E-state index contributed by atoms with van der Waals surface area (Å²) in [7, 11) is 0. The SMILES string of the molecule is CC1C(=O)CC1c1ccc(C#N)cc1. The number of ketones is 1. The molecule has 0 heterocycles. The Morgan fingerprint density at radius 1 is 1.36 bits per heavy atom. The fourth-order valence-corrected chi connectivity index (χ4v) is 1.85. The van der Waals surface area contributed by atoms with Crippen LogP contribution in [-0.2, 0) is 4.79 Å². The third-order valence-electron chi connectivity index (χ3n) is 3.00. The molecule has 0 N–H and O–H groups in total. The van der Waals surface area contributed by atoms with Crippen molar-refractivity contribution in [2.75, 3.05) is 0 Å². The Hall–Kier alpha value is -1.62. The van der Waals surface area contributed by atoms with Gasteiger partial charge in [-0.3, -0.25) is 4.79 Å². The van der Waals surface area contributed by atoms with E-state index in [1.807, 2.05) is 31.2 Å². The molecule has 2 rings (SSSR count). The van der Waals surface area contributed by atoms with Gasteiger partial charge in [-0.15, -0.1) is 0 Å². The topological polar surface area (TPSA) is 40.9 Å². The van der Waals surface area contributed by atoms with E-state index in [2.05, 4.69) is 6.07 Å². The second-order valence-electron chi connectivity index (χ2n) is 3.80. The number of carbonyl (C=O) groups excluding carboxylic acids is 1. The van der Waals surface area contributed by atoms with Crippen molar-refractivity contribution in [3.8, 4) is 6.07 Å². The van der Waals surface area contributed by atoms with Gasteiger partial charge in [0.15, 0.2) is 0 Å². The van der Waals surface area contributed by atoms with Gasteiger partial charge in [0.25, 0.3) is 0 Å². The lowest BCUT2D eigenvalue weighted by molar-refractivity contribution is -0.130. The summed E-state index contributed by atoms with van der Waals surface area (Å²) >= 11 is 0. The van der Waals surface area contributed by atoms with Crippen LogP contribution in [0.25, 0.3) is 0 Å². The number of rotatable bonds is 1. The zero-order valence-electron chi connectivity index (χ0n) is 8.03. The first kappa shape index (κ1) is 8.96. The number of carbonyl (C=O) groups is 1. The zero-order chi connectivity index (χ0) is 10.1.